The number of anilines is 1. The van der Waals surface area contributed by atoms with Crippen molar-refractivity contribution >= 4 is 28.8 Å². The first-order valence-electron chi connectivity index (χ1n) is 13.7. The minimum absolute atomic E-state index is 0.0747. The fourth-order valence-electron chi connectivity index (χ4n) is 5.80. The Hall–Kier alpha value is -4.01. The van der Waals surface area contributed by atoms with Crippen LogP contribution in [0.25, 0.3) is 11.0 Å². The van der Waals surface area contributed by atoms with Gasteiger partial charge < -0.3 is 15.0 Å². The van der Waals surface area contributed by atoms with E-state index in [9.17, 15) is 14.7 Å². The molecule has 8 heteroatoms. The average molecular weight is 524 g/mol. The summed E-state index contributed by atoms with van der Waals surface area (Å²) in [6.45, 7) is 3.44. The number of amides is 2. The van der Waals surface area contributed by atoms with E-state index in [4.69, 9.17) is 0 Å². The van der Waals surface area contributed by atoms with Crippen molar-refractivity contribution in [3.8, 4) is 0 Å². The first-order chi connectivity index (χ1) is 19.0. The average Bonchev–Trinajstić information content (AvgIpc) is 3.46. The third-order valence-electron chi connectivity index (χ3n) is 7.82. The predicted molar refractivity (Wildman–Crippen MR) is 150 cm³/mol. The molecule has 1 unspecified atom stereocenters. The van der Waals surface area contributed by atoms with Gasteiger partial charge in [-0.2, -0.15) is 0 Å². The number of nitrogens with zero attached hydrogens (tertiary/aromatic N) is 3. The molecule has 0 bridgehead atoms. The number of nitrogens with one attached hydrogen (secondary N) is 2. The summed E-state index contributed by atoms with van der Waals surface area (Å²) in [6, 6.07) is 22.2. The number of rotatable bonds is 8. The van der Waals surface area contributed by atoms with E-state index < -0.39 is 5.72 Å². The maximum absolute atomic E-state index is 13.5. The number of imidazole rings is 1. The van der Waals surface area contributed by atoms with E-state index in [0.29, 0.717) is 34.6 Å². The number of aliphatic hydroxyl groups is 1. The van der Waals surface area contributed by atoms with Gasteiger partial charge in [0, 0.05) is 29.7 Å². The van der Waals surface area contributed by atoms with Crippen LogP contribution in [0.15, 0.2) is 72.8 Å². The second-order valence-corrected chi connectivity index (χ2v) is 10.5. The van der Waals surface area contributed by atoms with Crippen LogP contribution in [0, 0.1) is 0 Å². The molecular formula is C31H33N5O3. The second kappa shape index (κ2) is 10.6. The number of H-pyrrole nitrogens is 1. The number of aromatic nitrogens is 2. The van der Waals surface area contributed by atoms with Crippen molar-refractivity contribution < 1.29 is 14.7 Å². The Kier molecular flexibility index (Phi) is 6.89. The number of piperidine rings is 1. The molecule has 3 heterocycles. The molecule has 2 amide bonds. The lowest BCUT2D eigenvalue weighted by Crippen LogP contribution is -2.44. The van der Waals surface area contributed by atoms with Gasteiger partial charge in [0.1, 0.15) is 0 Å². The number of likely N-dealkylation sites (tertiary alicyclic amines) is 1. The number of carbonyl (C=O) groups excluding carboxylic acids is 2. The summed E-state index contributed by atoms with van der Waals surface area (Å²) < 4.78 is 0. The van der Waals surface area contributed by atoms with E-state index in [-0.39, 0.29) is 18.4 Å². The fraction of sp³-hybridized carbons (Fsp3) is 0.323. The smallest absolute Gasteiger partial charge is 0.257 e. The molecule has 0 saturated carbocycles. The van der Waals surface area contributed by atoms with Crippen LogP contribution in [0.2, 0.25) is 0 Å². The summed E-state index contributed by atoms with van der Waals surface area (Å²) in [6.07, 6.45) is 5.04. The lowest BCUT2D eigenvalue weighted by Gasteiger charge is -2.35. The van der Waals surface area contributed by atoms with Gasteiger partial charge in [-0.25, -0.2) is 4.98 Å². The van der Waals surface area contributed by atoms with Gasteiger partial charge in [-0.1, -0.05) is 61.0 Å². The van der Waals surface area contributed by atoms with E-state index in [1.165, 1.54) is 24.2 Å². The van der Waals surface area contributed by atoms with Crippen LogP contribution < -0.4 is 5.32 Å². The Morgan fingerprint density at radius 3 is 2.59 bits per heavy atom. The molecule has 3 N–H and O–H groups in total. The molecular weight excluding hydrogens is 490 g/mol. The van der Waals surface area contributed by atoms with Crippen molar-refractivity contribution in [1.82, 2.24) is 19.8 Å². The van der Waals surface area contributed by atoms with Crippen LogP contribution in [0.1, 0.15) is 59.2 Å². The van der Waals surface area contributed by atoms with Gasteiger partial charge in [0.25, 0.3) is 5.91 Å². The largest absolute Gasteiger partial charge is 0.363 e. The highest BCUT2D eigenvalue weighted by atomic mass is 16.3. The summed E-state index contributed by atoms with van der Waals surface area (Å²) in [5, 5.41) is 15.1. The van der Waals surface area contributed by atoms with Crippen LogP contribution in [-0.2, 0) is 17.1 Å². The van der Waals surface area contributed by atoms with Crippen LogP contribution in [0.5, 0.6) is 0 Å². The molecule has 2 aliphatic heterocycles. The van der Waals surface area contributed by atoms with Crippen molar-refractivity contribution in [2.75, 3.05) is 25.0 Å². The molecule has 0 spiro atoms. The van der Waals surface area contributed by atoms with E-state index in [1.807, 2.05) is 48.5 Å². The Labute approximate surface area is 227 Å². The molecule has 1 fully saturated rings. The molecule has 6 rings (SSSR count). The zero-order chi connectivity index (χ0) is 26.8. The molecule has 0 aliphatic carbocycles. The molecule has 39 heavy (non-hydrogen) atoms. The number of hydrogen-bond acceptors (Lipinski definition) is 5. The maximum Gasteiger partial charge on any atom is 0.257 e. The van der Waals surface area contributed by atoms with Crippen LogP contribution in [0.4, 0.5) is 5.95 Å². The third kappa shape index (κ3) is 4.93. The minimum atomic E-state index is -1.66. The topological polar surface area (TPSA) is 102 Å². The standard InChI is InChI=1S/C31H33N5O3/c37-28(14-9-19-35-17-7-2-8-18-35)34-30-32-26-16-15-23(20-27(26)33-30)31(39)25-13-6-5-12-24(25)29(38)36(31)21-22-10-3-1-4-11-22/h1,3-6,10-13,15-16,20,39H,2,7-9,14,17-19,21H2,(H2,32,33,34,37). The second-order valence-electron chi connectivity index (χ2n) is 10.5. The Balaban J connectivity index is 1.23. The van der Waals surface area contributed by atoms with Crippen molar-refractivity contribution in [2.45, 2.75) is 44.4 Å². The third-order valence-corrected chi connectivity index (χ3v) is 7.82. The van der Waals surface area contributed by atoms with Gasteiger partial charge in [0.15, 0.2) is 5.72 Å². The highest BCUT2D eigenvalue weighted by Crippen LogP contribution is 2.43. The van der Waals surface area contributed by atoms with Crippen LogP contribution in [0.3, 0.4) is 0 Å². The van der Waals surface area contributed by atoms with Crippen LogP contribution in [-0.4, -0.2) is 56.3 Å². The summed E-state index contributed by atoms with van der Waals surface area (Å²) in [5.74, 6) is 0.0759. The van der Waals surface area contributed by atoms with E-state index in [0.717, 1.165) is 37.1 Å². The van der Waals surface area contributed by atoms with Crippen molar-refractivity contribution in [2.24, 2.45) is 0 Å². The molecule has 1 atom stereocenters. The molecule has 0 radical (unpaired) electrons. The molecule has 8 nitrogen and oxygen atoms in total. The predicted octanol–water partition coefficient (Wildman–Crippen LogP) is 4.62. The number of benzene rings is 3. The summed E-state index contributed by atoms with van der Waals surface area (Å²) in [7, 11) is 0. The molecule has 1 saturated heterocycles. The van der Waals surface area contributed by atoms with Crippen LogP contribution >= 0.6 is 0 Å². The number of aromatic amines is 1. The van der Waals surface area contributed by atoms with E-state index >= 15 is 0 Å². The minimum Gasteiger partial charge on any atom is -0.363 e. The molecule has 4 aromatic rings. The Morgan fingerprint density at radius 1 is 1.00 bits per heavy atom. The number of fused-ring (bicyclic) bond motifs is 2. The van der Waals surface area contributed by atoms with Gasteiger partial charge in [0.05, 0.1) is 11.0 Å². The molecule has 3 aromatic carbocycles. The number of hydrogen-bond donors (Lipinski definition) is 3. The molecule has 2 aliphatic rings. The van der Waals surface area contributed by atoms with Crippen molar-refractivity contribution in [3.05, 3.63) is 95.1 Å². The molecule has 200 valence electrons. The van der Waals surface area contributed by atoms with Gasteiger partial charge >= 0.3 is 0 Å². The summed E-state index contributed by atoms with van der Waals surface area (Å²) >= 11 is 0. The van der Waals surface area contributed by atoms with E-state index in [2.05, 4.69) is 20.2 Å². The zero-order valence-electron chi connectivity index (χ0n) is 21.9. The summed E-state index contributed by atoms with van der Waals surface area (Å²) in [5.41, 5.74) is 2.16. The first kappa shape index (κ1) is 25.3. The lowest BCUT2D eigenvalue weighted by atomic mass is 9.93. The van der Waals surface area contributed by atoms with Gasteiger partial charge in [-0.3, -0.25) is 19.8 Å². The maximum atomic E-state index is 13.5. The SMILES string of the molecule is O=C(CCCN1CCCCC1)Nc1nc2cc(C3(O)c4ccccc4C(=O)N3Cc3ccccc3)ccc2[nH]1. The van der Waals surface area contributed by atoms with Crippen molar-refractivity contribution in [1.29, 1.82) is 0 Å². The van der Waals surface area contributed by atoms with Gasteiger partial charge in [0.2, 0.25) is 11.9 Å². The van der Waals surface area contributed by atoms with Crippen molar-refractivity contribution in [3.63, 3.8) is 0 Å². The molecule has 1 aromatic heterocycles. The fourth-order valence-corrected chi connectivity index (χ4v) is 5.80. The Bertz CT molecular complexity index is 1490. The summed E-state index contributed by atoms with van der Waals surface area (Å²) in [4.78, 5) is 37.7. The monoisotopic (exact) mass is 523 g/mol. The zero-order valence-corrected chi connectivity index (χ0v) is 21.9. The lowest BCUT2D eigenvalue weighted by molar-refractivity contribution is -0.116. The highest BCUT2D eigenvalue weighted by molar-refractivity contribution is 6.00. The van der Waals surface area contributed by atoms with E-state index in [1.54, 1.807) is 24.3 Å². The first-order valence-corrected chi connectivity index (χ1v) is 13.7. The van der Waals surface area contributed by atoms with Gasteiger partial charge in [-0.05, 0) is 62.7 Å². The Morgan fingerprint density at radius 2 is 1.77 bits per heavy atom. The number of carbonyl (C=O) groups is 2. The highest BCUT2D eigenvalue weighted by Gasteiger charge is 2.49. The normalized spacial score (nSPS) is 19.4. The quantitative estimate of drug-likeness (QED) is 0.313. The van der Waals surface area contributed by atoms with Gasteiger partial charge in [-0.15, -0.1) is 0 Å².